The predicted molar refractivity (Wildman–Crippen MR) is 204 cm³/mol. The SMILES string of the molecule is O=[N+]([O-])c1cccnc1-c1cc2[nH]c3ccccc3c2c2ccccc12.c1ccc2c(c1)[nH]c1c3[nH]c4cccnc4c3c3ccccc3c21. The van der Waals surface area contributed by atoms with Crippen molar-refractivity contribution in [3.05, 3.63) is 150 Å². The highest BCUT2D eigenvalue weighted by Crippen LogP contribution is 2.42. The number of para-hydroxylation sites is 2. The third-order valence-electron chi connectivity index (χ3n) is 9.72. The number of nitrogens with one attached hydrogen (secondary N) is 3. The lowest BCUT2D eigenvalue weighted by atomic mass is 9.96. The number of nitro groups is 1. The maximum Gasteiger partial charge on any atom is 0.295 e. The number of nitrogens with zero attached hydrogens (tertiary/aromatic N) is 3. The maximum absolute atomic E-state index is 11.5. The Balaban J connectivity index is 0.000000127. The van der Waals surface area contributed by atoms with Crippen molar-refractivity contribution in [2.75, 3.05) is 0 Å². The van der Waals surface area contributed by atoms with Gasteiger partial charge in [0.05, 0.1) is 27.0 Å². The Morgan fingerprint density at radius 3 is 1.74 bits per heavy atom. The molecule has 0 amide bonds. The number of hydrogen-bond donors (Lipinski definition) is 3. The summed E-state index contributed by atoms with van der Waals surface area (Å²) in [4.78, 5) is 30.7. The van der Waals surface area contributed by atoms with Crippen molar-refractivity contribution in [1.29, 1.82) is 0 Å². The Labute approximate surface area is 283 Å². The van der Waals surface area contributed by atoms with E-state index in [1.54, 1.807) is 12.3 Å². The van der Waals surface area contributed by atoms with Crippen LogP contribution in [0.5, 0.6) is 0 Å². The van der Waals surface area contributed by atoms with Gasteiger partial charge in [-0.1, -0.05) is 84.9 Å². The average Bonchev–Trinajstić information content (AvgIpc) is 3.87. The number of aromatic amines is 3. The van der Waals surface area contributed by atoms with E-state index in [0.29, 0.717) is 5.69 Å². The van der Waals surface area contributed by atoms with Crippen molar-refractivity contribution in [3.8, 4) is 11.3 Å². The van der Waals surface area contributed by atoms with Crippen LogP contribution in [0.15, 0.2) is 140 Å². The number of pyridine rings is 2. The molecule has 0 aliphatic rings. The molecule has 0 spiro atoms. The molecule has 11 aromatic rings. The molecule has 0 radical (unpaired) electrons. The highest BCUT2D eigenvalue weighted by atomic mass is 16.6. The molecule has 8 heteroatoms. The van der Waals surface area contributed by atoms with Crippen LogP contribution in [0, 0.1) is 10.1 Å². The number of rotatable bonds is 2. The summed E-state index contributed by atoms with van der Waals surface area (Å²) < 4.78 is 0. The smallest absolute Gasteiger partial charge is 0.295 e. The third kappa shape index (κ3) is 4.05. The Morgan fingerprint density at radius 2 is 1.00 bits per heavy atom. The lowest BCUT2D eigenvalue weighted by Gasteiger charge is -2.08. The van der Waals surface area contributed by atoms with Gasteiger partial charge in [-0.25, -0.2) is 4.98 Å². The van der Waals surface area contributed by atoms with Gasteiger partial charge in [-0.2, -0.15) is 0 Å². The normalized spacial score (nSPS) is 11.8. The summed E-state index contributed by atoms with van der Waals surface area (Å²) in [6, 6.07) is 42.3. The van der Waals surface area contributed by atoms with Crippen molar-refractivity contribution in [2.45, 2.75) is 0 Å². The van der Waals surface area contributed by atoms with Crippen LogP contribution >= 0.6 is 0 Å². The molecule has 0 aliphatic carbocycles. The first kappa shape index (κ1) is 28.0. The monoisotopic (exact) mass is 646 g/mol. The van der Waals surface area contributed by atoms with Crippen LogP contribution in [0.3, 0.4) is 0 Å². The summed E-state index contributed by atoms with van der Waals surface area (Å²) in [5.41, 5.74) is 8.69. The molecule has 236 valence electrons. The van der Waals surface area contributed by atoms with E-state index < -0.39 is 0 Å². The molecule has 0 unspecified atom stereocenters. The van der Waals surface area contributed by atoms with Gasteiger partial charge in [0, 0.05) is 67.5 Å². The summed E-state index contributed by atoms with van der Waals surface area (Å²) >= 11 is 0. The van der Waals surface area contributed by atoms with E-state index in [4.69, 9.17) is 0 Å². The van der Waals surface area contributed by atoms with Crippen molar-refractivity contribution in [1.82, 2.24) is 24.9 Å². The van der Waals surface area contributed by atoms with E-state index >= 15 is 0 Å². The van der Waals surface area contributed by atoms with Gasteiger partial charge >= 0.3 is 0 Å². The molecule has 0 bridgehead atoms. The van der Waals surface area contributed by atoms with Gasteiger partial charge in [0.15, 0.2) is 0 Å². The molecule has 6 aromatic carbocycles. The van der Waals surface area contributed by atoms with Crippen LogP contribution in [0.25, 0.3) is 98.4 Å². The van der Waals surface area contributed by atoms with E-state index in [-0.39, 0.29) is 10.6 Å². The number of benzene rings is 6. The molecule has 11 rings (SSSR count). The molecule has 5 aromatic heterocycles. The van der Waals surface area contributed by atoms with Gasteiger partial charge in [0.1, 0.15) is 5.69 Å². The molecule has 3 N–H and O–H groups in total. The maximum atomic E-state index is 11.5. The summed E-state index contributed by atoms with van der Waals surface area (Å²) in [5.74, 6) is 0. The van der Waals surface area contributed by atoms with Crippen LogP contribution in [0.2, 0.25) is 0 Å². The van der Waals surface area contributed by atoms with Crippen LogP contribution < -0.4 is 0 Å². The van der Waals surface area contributed by atoms with Crippen molar-refractivity contribution in [3.63, 3.8) is 0 Å². The first-order valence-electron chi connectivity index (χ1n) is 16.3. The Hall–Kier alpha value is -7.06. The summed E-state index contributed by atoms with van der Waals surface area (Å²) in [6.07, 6.45) is 3.45. The number of hydrogen-bond acceptors (Lipinski definition) is 4. The summed E-state index contributed by atoms with van der Waals surface area (Å²) in [5, 5.41) is 22.0. The Kier molecular flexibility index (Phi) is 6.01. The molecule has 50 heavy (non-hydrogen) atoms. The minimum absolute atomic E-state index is 0.00751. The lowest BCUT2D eigenvalue weighted by molar-refractivity contribution is -0.384. The van der Waals surface area contributed by atoms with E-state index in [2.05, 4.69) is 91.6 Å². The van der Waals surface area contributed by atoms with E-state index in [1.807, 2.05) is 54.7 Å². The molecule has 5 heterocycles. The molecule has 0 saturated carbocycles. The second kappa shape index (κ2) is 10.7. The molecule has 0 aliphatic heterocycles. The van der Waals surface area contributed by atoms with Crippen molar-refractivity contribution in [2.24, 2.45) is 0 Å². The second-order valence-corrected chi connectivity index (χ2v) is 12.4. The highest BCUT2D eigenvalue weighted by molar-refractivity contribution is 6.34. The van der Waals surface area contributed by atoms with Gasteiger partial charge in [-0.05, 0) is 57.9 Å². The molecule has 0 saturated heterocycles. The molecule has 8 nitrogen and oxygen atoms in total. The van der Waals surface area contributed by atoms with Gasteiger partial charge in [0.2, 0.25) is 0 Å². The highest BCUT2D eigenvalue weighted by Gasteiger charge is 2.21. The minimum atomic E-state index is -0.382. The fourth-order valence-corrected chi connectivity index (χ4v) is 7.67. The van der Waals surface area contributed by atoms with Gasteiger partial charge in [0.25, 0.3) is 5.69 Å². The van der Waals surface area contributed by atoms with E-state index in [1.165, 1.54) is 33.0 Å². The zero-order chi connectivity index (χ0) is 33.3. The Morgan fingerprint density at radius 1 is 0.480 bits per heavy atom. The number of fused-ring (bicyclic) bond motifs is 15. The first-order valence-corrected chi connectivity index (χ1v) is 16.3. The molecular weight excluding hydrogens is 621 g/mol. The molecule has 0 atom stereocenters. The van der Waals surface area contributed by atoms with Crippen LogP contribution in [-0.2, 0) is 0 Å². The van der Waals surface area contributed by atoms with Gasteiger partial charge in [-0.15, -0.1) is 0 Å². The first-order chi connectivity index (χ1) is 24.7. The zero-order valence-electron chi connectivity index (χ0n) is 26.4. The zero-order valence-corrected chi connectivity index (χ0v) is 26.4. The van der Waals surface area contributed by atoms with Crippen LogP contribution in [0.4, 0.5) is 5.69 Å². The molecule has 0 fully saturated rings. The van der Waals surface area contributed by atoms with Crippen LogP contribution in [0.1, 0.15) is 0 Å². The second-order valence-electron chi connectivity index (χ2n) is 12.4. The predicted octanol–water partition coefficient (Wildman–Crippen LogP) is 10.9. The average molecular weight is 647 g/mol. The largest absolute Gasteiger partial charge is 0.354 e. The summed E-state index contributed by atoms with van der Waals surface area (Å²) in [6.45, 7) is 0. The van der Waals surface area contributed by atoms with Crippen molar-refractivity contribution >= 4 is 92.8 Å². The van der Waals surface area contributed by atoms with E-state index in [0.717, 1.165) is 65.7 Å². The number of H-pyrrole nitrogens is 3. The lowest BCUT2D eigenvalue weighted by Crippen LogP contribution is -1.95. The quantitative estimate of drug-likeness (QED) is 0.128. The van der Waals surface area contributed by atoms with Crippen LogP contribution in [-0.4, -0.2) is 29.8 Å². The van der Waals surface area contributed by atoms with Gasteiger partial charge < -0.3 is 15.0 Å². The van der Waals surface area contributed by atoms with E-state index in [9.17, 15) is 10.1 Å². The Bertz CT molecular complexity index is 3040. The fourth-order valence-electron chi connectivity index (χ4n) is 7.67. The number of aromatic nitrogens is 5. The summed E-state index contributed by atoms with van der Waals surface area (Å²) in [7, 11) is 0. The fraction of sp³-hybridized carbons (Fsp3) is 0. The minimum Gasteiger partial charge on any atom is -0.354 e. The third-order valence-corrected chi connectivity index (χ3v) is 9.72. The van der Waals surface area contributed by atoms with Gasteiger partial charge in [-0.3, -0.25) is 15.1 Å². The topological polar surface area (TPSA) is 116 Å². The standard InChI is InChI=1S/C21H13N3O2.C21H13N3/c25-24(26)19-10-5-11-22-21(19)16-12-18-20(14-7-2-1-6-13(14)16)15-8-3-4-9-17(15)23-18;1-2-7-13-12(6-1)17-14-8-3-4-9-15(14)23-20(17)21-18(13)19-16(24-21)10-5-11-22-19/h1-12,23H;1-11,23-24H. The van der Waals surface area contributed by atoms with Crippen molar-refractivity contribution < 1.29 is 4.92 Å². The molecular formula is C42H26N6O2.